The third kappa shape index (κ3) is 17.5. The van der Waals surface area contributed by atoms with Crippen LogP contribution in [0, 0.1) is 0 Å². The summed E-state index contributed by atoms with van der Waals surface area (Å²) >= 11 is 0. The van der Waals surface area contributed by atoms with E-state index in [4.69, 9.17) is 39.5 Å². The van der Waals surface area contributed by atoms with Crippen molar-refractivity contribution in [3.63, 3.8) is 0 Å². The van der Waals surface area contributed by atoms with E-state index in [1.54, 1.807) is 0 Å². The van der Waals surface area contributed by atoms with Crippen LogP contribution in [0.15, 0.2) is 9.98 Å². The molecule has 0 spiro atoms. The highest BCUT2D eigenvalue weighted by Gasteiger charge is 2.30. The molecule has 0 bridgehead atoms. The predicted octanol–water partition coefficient (Wildman–Crippen LogP) is -4.91. The number of aliphatic imine (C=N–C) groups is 2. The molecule has 19 nitrogen and oxygen atoms in total. The Kier molecular flexibility index (Phi) is 17.2. The predicted molar refractivity (Wildman–Crippen MR) is 147 cm³/mol. The topological polar surface area (TPSA) is 360 Å². The minimum absolute atomic E-state index is 0.0211. The first-order valence-corrected chi connectivity index (χ1v) is 12.6. The van der Waals surface area contributed by atoms with Crippen molar-refractivity contribution < 1.29 is 39.0 Å². The molecule has 0 aromatic heterocycles. The third-order valence-corrected chi connectivity index (χ3v) is 5.46. The van der Waals surface area contributed by atoms with E-state index in [1.807, 2.05) is 0 Å². The van der Waals surface area contributed by atoms with E-state index in [-0.39, 0.29) is 70.0 Å². The molecule has 0 radical (unpaired) electrons. The first kappa shape index (κ1) is 36.3. The number of hydrogen-bond acceptors (Lipinski definition) is 9. The van der Waals surface area contributed by atoms with E-state index in [0.29, 0.717) is 0 Å². The maximum Gasteiger partial charge on any atom is 0.326 e. The molecule has 4 unspecified atom stereocenters. The second-order valence-electron chi connectivity index (χ2n) is 8.96. The molecule has 0 saturated carbocycles. The molecule has 17 N–H and O–H groups in total. The number of amides is 4. The Hall–Kier alpha value is -4.68. The van der Waals surface area contributed by atoms with Gasteiger partial charge in [-0.2, -0.15) is 0 Å². The number of nitrogens with zero attached hydrogens (tertiary/aromatic N) is 2. The number of nitrogens with two attached hydrogens (primary N) is 6. The summed E-state index contributed by atoms with van der Waals surface area (Å²) in [7, 11) is 0. The summed E-state index contributed by atoms with van der Waals surface area (Å²) in [4.78, 5) is 80.0. The van der Waals surface area contributed by atoms with Crippen LogP contribution >= 0.6 is 0 Å². The standard InChI is InChI=1S/C22H41N11O8/c23-11(5-7-15(24)34)17(37)31-12(3-1-9-29-21(25)26)18(38)32-13(6-8-16(35)36)19(39)33-14(20(40)41)4-2-10-30-22(27)28/h11-14H,1-10,23H2,(H2,24,34)(H,31,37)(H,32,38)(H,33,39)(H,35,36)(H,40,41)(H4,25,26,29)(H4,27,28,30). The quantitative estimate of drug-likeness (QED) is 0.0341. The normalized spacial score (nSPS) is 13.4. The average Bonchev–Trinajstić information content (AvgIpc) is 2.87. The lowest BCUT2D eigenvalue weighted by molar-refractivity contribution is -0.143. The molecular formula is C22H41N11O8. The van der Waals surface area contributed by atoms with Crippen LogP contribution in [0.5, 0.6) is 0 Å². The Labute approximate surface area is 235 Å². The lowest BCUT2D eigenvalue weighted by Crippen LogP contribution is -2.57. The summed E-state index contributed by atoms with van der Waals surface area (Å²) in [6, 6.07) is -5.32. The summed E-state index contributed by atoms with van der Waals surface area (Å²) in [6.07, 6.45) is -0.884. The fraction of sp³-hybridized carbons (Fsp3) is 0.636. The van der Waals surface area contributed by atoms with Gasteiger partial charge in [0.05, 0.1) is 6.04 Å². The molecule has 0 aromatic rings. The number of primary amides is 1. The molecule has 0 saturated heterocycles. The molecule has 0 aliphatic rings. The summed E-state index contributed by atoms with van der Waals surface area (Å²) in [6.45, 7) is 0.197. The highest BCUT2D eigenvalue weighted by molar-refractivity contribution is 5.94. The van der Waals surface area contributed by atoms with Gasteiger partial charge in [0.25, 0.3) is 0 Å². The van der Waals surface area contributed by atoms with Gasteiger partial charge in [-0.05, 0) is 38.5 Å². The van der Waals surface area contributed by atoms with Crippen molar-refractivity contribution in [1.29, 1.82) is 0 Å². The van der Waals surface area contributed by atoms with E-state index in [2.05, 4.69) is 25.9 Å². The van der Waals surface area contributed by atoms with Crippen molar-refractivity contribution in [3.8, 4) is 0 Å². The smallest absolute Gasteiger partial charge is 0.326 e. The van der Waals surface area contributed by atoms with Crippen molar-refractivity contribution in [1.82, 2.24) is 16.0 Å². The number of carboxylic acid groups (broad SMARTS) is 2. The third-order valence-electron chi connectivity index (χ3n) is 5.46. The fourth-order valence-electron chi connectivity index (χ4n) is 3.32. The lowest BCUT2D eigenvalue weighted by atomic mass is 10.1. The Morgan fingerprint density at radius 3 is 1.49 bits per heavy atom. The molecule has 41 heavy (non-hydrogen) atoms. The van der Waals surface area contributed by atoms with Gasteiger partial charge in [0.2, 0.25) is 23.6 Å². The zero-order valence-electron chi connectivity index (χ0n) is 22.6. The van der Waals surface area contributed by atoms with E-state index < -0.39 is 66.2 Å². The molecule has 232 valence electrons. The fourth-order valence-corrected chi connectivity index (χ4v) is 3.32. The first-order valence-electron chi connectivity index (χ1n) is 12.6. The Morgan fingerprint density at radius 2 is 1.05 bits per heavy atom. The van der Waals surface area contributed by atoms with Crippen molar-refractivity contribution in [2.45, 2.75) is 75.5 Å². The van der Waals surface area contributed by atoms with Crippen molar-refractivity contribution in [2.75, 3.05) is 13.1 Å². The number of carbonyl (C=O) groups is 6. The number of carbonyl (C=O) groups excluding carboxylic acids is 4. The summed E-state index contributed by atoms with van der Waals surface area (Å²) in [5.74, 6) is -6.33. The second kappa shape index (κ2) is 19.4. The van der Waals surface area contributed by atoms with Crippen molar-refractivity contribution in [3.05, 3.63) is 0 Å². The van der Waals surface area contributed by atoms with E-state index in [0.717, 1.165) is 0 Å². The molecule has 0 aliphatic carbocycles. The number of rotatable bonds is 21. The zero-order valence-corrected chi connectivity index (χ0v) is 22.6. The molecule has 0 rings (SSSR count). The number of nitrogens with one attached hydrogen (secondary N) is 3. The summed E-state index contributed by atoms with van der Waals surface area (Å²) in [5.41, 5.74) is 31.9. The van der Waals surface area contributed by atoms with Gasteiger partial charge in [0, 0.05) is 25.9 Å². The lowest BCUT2D eigenvalue weighted by Gasteiger charge is -2.25. The van der Waals surface area contributed by atoms with Crippen LogP contribution < -0.4 is 50.4 Å². The molecule has 4 atom stereocenters. The minimum Gasteiger partial charge on any atom is -0.481 e. The van der Waals surface area contributed by atoms with Crippen molar-refractivity contribution in [2.24, 2.45) is 44.4 Å². The largest absolute Gasteiger partial charge is 0.481 e. The van der Waals surface area contributed by atoms with Gasteiger partial charge in [-0.1, -0.05) is 0 Å². The summed E-state index contributed by atoms with van der Waals surface area (Å²) in [5, 5.41) is 25.6. The van der Waals surface area contributed by atoms with Gasteiger partial charge in [-0.25, -0.2) is 4.79 Å². The van der Waals surface area contributed by atoms with Crippen LogP contribution in [0.3, 0.4) is 0 Å². The van der Waals surface area contributed by atoms with Gasteiger partial charge >= 0.3 is 11.9 Å². The Bertz CT molecular complexity index is 981. The van der Waals surface area contributed by atoms with Crippen LogP contribution in [0.25, 0.3) is 0 Å². The number of guanidine groups is 2. The molecule has 0 aromatic carbocycles. The second-order valence-corrected chi connectivity index (χ2v) is 8.96. The average molecular weight is 588 g/mol. The van der Waals surface area contributed by atoms with Crippen LogP contribution in [0.1, 0.15) is 51.4 Å². The van der Waals surface area contributed by atoms with Crippen LogP contribution in [-0.2, 0) is 28.8 Å². The van der Waals surface area contributed by atoms with Gasteiger partial charge in [0.1, 0.15) is 18.1 Å². The van der Waals surface area contributed by atoms with Gasteiger partial charge in [0.15, 0.2) is 11.9 Å². The Balaban J connectivity index is 5.69. The molecule has 0 fully saturated rings. The maximum atomic E-state index is 13.1. The zero-order chi connectivity index (χ0) is 31.5. The highest BCUT2D eigenvalue weighted by atomic mass is 16.4. The number of hydrogen-bond donors (Lipinski definition) is 11. The van der Waals surface area contributed by atoms with E-state index >= 15 is 0 Å². The molecular weight excluding hydrogens is 546 g/mol. The van der Waals surface area contributed by atoms with Crippen molar-refractivity contribution >= 4 is 47.5 Å². The molecule has 19 heteroatoms. The SMILES string of the molecule is NC(=O)CCC(N)C(=O)NC(CCCN=C(N)N)C(=O)NC(CCC(=O)O)C(=O)NC(CCCN=C(N)N)C(=O)O. The van der Waals surface area contributed by atoms with E-state index in [1.165, 1.54) is 0 Å². The Morgan fingerprint density at radius 1 is 0.610 bits per heavy atom. The van der Waals surface area contributed by atoms with Crippen LogP contribution in [0.4, 0.5) is 0 Å². The van der Waals surface area contributed by atoms with Crippen LogP contribution in [-0.4, -0.2) is 95.0 Å². The van der Waals surface area contributed by atoms with E-state index in [9.17, 15) is 33.9 Å². The summed E-state index contributed by atoms with van der Waals surface area (Å²) < 4.78 is 0. The number of aliphatic carboxylic acids is 2. The van der Waals surface area contributed by atoms with Gasteiger partial charge in [-0.15, -0.1) is 0 Å². The minimum atomic E-state index is -1.47. The van der Waals surface area contributed by atoms with Crippen LogP contribution in [0.2, 0.25) is 0 Å². The molecule has 0 heterocycles. The first-order chi connectivity index (χ1) is 19.1. The monoisotopic (exact) mass is 587 g/mol. The van der Waals surface area contributed by atoms with Gasteiger partial charge in [-0.3, -0.25) is 34.0 Å². The molecule has 4 amide bonds. The maximum absolute atomic E-state index is 13.1. The highest BCUT2D eigenvalue weighted by Crippen LogP contribution is 2.06. The number of carboxylic acids is 2. The molecule has 0 aliphatic heterocycles. The van der Waals surface area contributed by atoms with Gasteiger partial charge < -0.3 is 60.6 Å².